The molecule has 0 spiro atoms. The van der Waals surface area contributed by atoms with Crippen LogP contribution in [0.15, 0.2) is 23.1 Å². The summed E-state index contributed by atoms with van der Waals surface area (Å²) in [5, 5.41) is 12.5. The van der Waals surface area contributed by atoms with Crippen molar-refractivity contribution in [1.82, 2.24) is 8.61 Å². The molecule has 9 nitrogen and oxygen atoms in total. The van der Waals surface area contributed by atoms with Gasteiger partial charge in [0.1, 0.15) is 11.8 Å². The van der Waals surface area contributed by atoms with Gasteiger partial charge in [0.25, 0.3) is 0 Å². The third-order valence-corrected chi connectivity index (χ3v) is 8.04. The fraction of sp³-hybridized carbons (Fsp3) is 0.562. The number of carbonyl (C=O) groups is 1. The molecule has 11 heteroatoms. The van der Waals surface area contributed by atoms with Gasteiger partial charge in [0.05, 0.1) is 16.8 Å². The number of nitrogens with zero attached hydrogens (tertiary/aromatic N) is 2. The number of phenols is 1. The van der Waals surface area contributed by atoms with Gasteiger partial charge in [-0.1, -0.05) is 0 Å². The van der Waals surface area contributed by atoms with Gasteiger partial charge in [-0.2, -0.15) is 8.61 Å². The summed E-state index contributed by atoms with van der Waals surface area (Å²) < 4.78 is 51.4. The highest BCUT2D eigenvalue weighted by atomic mass is 32.2. The van der Waals surface area contributed by atoms with Crippen LogP contribution in [0, 0.1) is 0 Å². The van der Waals surface area contributed by atoms with Gasteiger partial charge in [-0.15, -0.1) is 0 Å². The van der Waals surface area contributed by atoms with Gasteiger partial charge < -0.3 is 10.4 Å². The monoisotopic (exact) mass is 417 g/mol. The molecule has 1 aromatic rings. The Kier molecular flexibility index (Phi) is 5.48. The molecule has 1 unspecified atom stereocenters. The second-order valence-corrected chi connectivity index (χ2v) is 10.7. The molecule has 2 aliphatic rings. The zero-order chi connectivity index (χ0) is 19.8. The lowest BCUT2D eigenvalue weighted by Crippen LogP contribution is -2.42. The van der Waals surface area contributed by atoms with Crippen molar-refractivity contribution in [2.45, 2.75) is 36.6 Å². The van der Waals surface area contributed by atoms with Crippen LogP contribution < -0.4 is 5.32 Å². The van der Waals surface area contributed by atoms with Gasteiger partial charge in [-0.05, 0) is 43.9 Å². The van der Waals surface area contributed by atoms with Gasteiger partial charge >= 0.3 is 0 Å². The highest BCUT2D eigenvalue weighted by molar-refractivity contribution is 7.89. The van der Waals surface area contributed by atoms with Crippen molar-refractivity contribution in [2.24, 2.45) is 0 Å². The van der Waals surface area contributed by atoms with E-state index in [-0.39, 0.29) is 22.9 Å². The summed E-state index contributed by atoms with van der Waals surface area (Å²) in [7, 11) is -7.24. The number of aromatic hydroxyl groups is 1. The maximum atomic E-state index is 12.7. The molecule has 27 heavy (non-hydrogen) atoms. The first kappa shape index (κ1) is 20.1. The van der Waals surface area contributed by atoms with Crippen LogP contribution >= 0.6 is 0 Å². The van der Waals surface area contributed by atoms with Crippen LogP contribution in [0.5, 0.6) is 5.75 Å². The number of hydrogen-bond donors (Lipinski definition) is 2. The number of phenolic OH excluding ortho intramolecular Hbond substituents is 1. The minimum absolute atomic E-state index is 0.0242. The van der Waals surface area contributed by atoms with E-state index in [0.29, 0.717) is 25.9 Å². The molecule has 0 radical (unpaired) electrons. The number of sulfonamides is 2. The first-order chi connectivity index (χ1) is 12.6. The molecular weight excluding hydrogens is 394 g/mol. The number of hydrogen-bond acceptors (Lipinski definition) is 6. The van der Waals surface area contributed by atoms with Crippen molar-refractivity contribution in [1.29, 1.82) is 0 Å². The molecule has 2 saturated heterocycles. The van der Waals surface area contributed by atoms with Gasteiger partial charge in [0.2, 0.25) is 26.0 Å². The van der Waals surface area contributed by atoms with E-state index >= 15 is 0 Å². The molecule has 1 aromatic carbocycles. The van der Waals surface area contributed by atoms with E-state index in [2.05, 4.69) is 5.32 Å². The summed E-state index contributed by atoms with van der Waals surface area (Å²) in [6, 6.07) is 2.83. The molecule has 2 heterocycles. The average molecular weight is 418 g/mol. The third kappa shape index (κ3) is 4.10. The van der Waals surface area contributed by atoms with Crippen LogP contribution in [0.1, 0.15) is 25.7 Å². The van der Waals surface area contributed by atoms with Crippen LogP contribution in [-0.2, 0) is 24.8 Å². The largest absolute Gasteiger partial charge is 0.506 e. The zero-order valence-electron chi connectivity index (χ0n) is 15.0. The van der Waals surface area contributed by atoms with Gasteiger partial charge in [-0.3, -0.25) is 4.79 Å². The number of benzene rings is 1. The molecule has 2 N–H and O–H groups in total. The predicted molar refractivity (Wildman–Crippen MR) is 99.3 cm³/mol. The van der Waals surface area contributed by atoms with E-state index in [1.54, 1.807) is 0 Å². The van der Waals surface area contributed by atoms with Crippen molar-refractivity contribution in [2.75, 3.05) is 31.2 Å². The van der Waals surface area contributed by atoms with Gasteiger partial charge in [0.15, 0.2) is 0 Å². The van der Waals surface area contributed by atoms with Gasteiger partial charge in [-0.25, -0.2) is 16.8 Å². The predicted octanol–water partition coefficient (Wildman–Crippen LogP) is 0.539. The summed E-state index contributed by atoms with van der Waals surface area (Å²) >= 11 is 0. The highest BCUT2D eigenvalue weighted by Crippen LogP contribution is 2.30. The van der Waals surface area contributed by atoms with E-state index in [9.17, 15) is 26.7 Å². The number of carbonyl (C=O) groups excluding carboxylic acids is 1. The maximum absolute atomic E-state index is 12.7. The minimum atomic E-state index is -3.70. The smallest absolute Gasteiger partial charge is 0.243 e. The highest BCUT2D eigenvalue weighted by Gasteiger charge is 2.37. The quantitative estimate of drug-likeness (QED) is 0.674. The Hall–Kier alpha value is -1.69. The second-order valence-electron chi connectivity index (χ2n) is 6.81. The molecule has 0 aliphatic carbocycles. The summed E-state index contributed by atoms with van der Waals surface area (Å²) in [6.45, 7) is 1.14. The van der Waals surface area contributed by atoms with Crippen molar-refractivity contribution < 1.29 is 26.7 Å². The first-order valence-electron chi connectivity index (χ1n) is 8.71. The van der Waals surface area contributed by atoms with E-state index < -0.39 is 32.0 Å². The van der Waals surface area contributed by atoms with Crippen LogP contribution in [-0.4, -0.2) is 68.4 Å². The minimum Gasteiger partial charge on any atom is -0.506 e. The molecule has 0 aromatic heterocycles. The Morgan fingerprint density at radius 2 is 1.78 bits per heavy atom. The fourth-order valence-electron chi connectivity index (χ4n) is 3.47. The van der Waals surface area contributed by atoms with E-state index in [4.69, 9.17) is 0 Å². The third-order valence-electron chi connectivity index (χ3n) is 4.86. The van der Waals surface area contributed by atoms with Crippen LogP contribution in [0.4, 0.5) is 5.69 Å². The number of anilines is 1. The summed E-state index contributed by atoms with van der Waals surface area (Å²) in [6.07, 6.45) is 3.55. The average Bonchev–Trinajstić information content (AvgIpc) is 3.28. The standard InChI is InChI=1S/C16H23N3O6S2/c1-26(22,23)19-10-4-5-14(19)16(21)17-13-11-12(6-7-15(13)20)27(24,25)18-8-2-3-9-18/h6-7,11,14,20H,2-5,8-10H2,1H3,(H,17,21). The lowest BCUT2D eigenvalue weighted by Gasteiger charge is -2.22. The van der Waals surface area contributed by atoms with E-state index in [1.165, 1.54) is 22.5 Å². The molecule has 0 bridgehead atoms. The Bertz CT molecular complexity index is 939. The van der Waals surface area contributed by atoms with Crippen LogP contribution in [0.3, 0.4) is 0 Å². The van der Waals surface area contributed by atoms with Crippen molar-refractivity contribution in [3.05, 3.63) is 18.2 Å². The molecule has 2 fully saturated rings. The first-order valence-corrected chi connectivity index (χ1v) is 12.0. The van der Waals surface area contributed by atoms with Gasteiger partial charge in [0, 0.05) is 19.6 Å². The number of rotatable bonds is 5. The Labute approximate surface area is 159 Å². The normalized spacial score (nSPS) is 22.2. The number of amides is 1. The molecule has 1 amide bonds. The molecule has 2 aliphatic heterocycles. The van der Waals surface area contributed by atoms with Crippen molar-refractivity contribution >= 4 is 31.6 Å². The molecular formula is C16H23N3O6S2. The summed E-state index contributed by atoms with van der Waals surface area (Å²) in [5.74, 6) is -0.878. The molecule has 1 atom stereocenters. The zero-order valence-corrected chi connectivity index (χ0v) is 16.6. The Balaban J connectivity index is 1.84. The lowest BCUT2D eigenvalue weighted by atomic mass is 10.2. The maximum Gasteiger partial charge on any atom is 0.243 e. The summed E-state index contributed by atoms with van der Waals surface area (Å²) in [5.41, 5.74) is -0.0550. The molecule has 150 valence electrons. The van der Waals surface area contributed by atoms with Crippen molar-refractivity contribution in [3.8, 4) is 5.75 Å². The van der Waals surface area contributed by atoms with E-state index in [0.717, 1.165) is 23.4 Å². The van der Waals surface area contributed by atoms with Crippen LogP contribution in [0.25, 0.3) is 0 Å². The second kappa shape index (κ2) is 7.38. The summed E-state index contributed by atoms with van der Waals surface area (Å²) in [4.78, 5) is 12.5. The van der Waals surface area contributed by atoms with Crippen LogP contribution in [0.2, 0.25) is 0 Å². The van der Waals surface area contributed by atoms with E-state index in [1.807, 2.05) is 0 Å². The Morgan fingerprint density at radius 1 is 1.11 bits per heavy atom. The molecule has 0 saturated carbocycles. The topological polar surface area (TPSA) is 124 Å². The SMILES string of the molecule is CS(=O)(=O)N1CCCC1C(=O)Nc1cc(S(=O)(=O)N2CCCC2)ccc1O. The fourth-order valence-corrected chi connectivity index (χ4v) is 6.14. The van der Waals surface area contributed by atoms with Crippen molar-refractivity contribution in [3.63, 3.8) is 0 Å². The Morgan fingerprint density at radius 3 is 2.41 bits per heavy atom. The molecule has 3 rings (SSSR count). The lowest BCUT2D eigenvalue weighted by molar-refractivity contribution is -0.119. The number of nitrogens with one attached hydrogen (secondary N) is 1.